The van der Waals surface area contributed by atoms with Gasteiger partial charge in [0.25, 0.3) is 0 Å². The van der Waals surface area contributed by atoms with E-state index < -0.39 is 0 Å². The van der Waals surface area contributed by atoms with E-state index in [0.717, 1.165) is 26.3 Å². The summed E-state index contributed by atoms with van der Waals surface area (Å²) in [6, 6.07) is 2.47. The fourth-order valence-corrected chi connectivity index (χ4v) is 1.69. The molecule has 0 aliphatic carbocycles. The Bertz CT molecular complexity index is 239. The molecule has 3 heteroatoms. The lowest BCUT2D eigenvalue weighted by Gasteiger charge is -2.31. The Morgan fingerprint density at radius 2 is 2.15 bits per heavy atom. The SMILES string of the molecule is CC(c1ccoc1)N1CCOCC1. The largest absolute Gasteiger partial charge is 0.472 e. The van der Waals surface area contributed by atoms with Crippen LogP contribution >= 0.6 is 0 Å². The highest BCUT2D eigenvalue weighted by molar-refractivity contribution is 5.10. The van der Waals surface area contributed by atoms with E-state index in [9.17, 15) is 0 Å². The second-order valence-corrected chi connectivity index (χ2v) is 3.38. The zero-order valence-corrected chi connectivity index (χ0v) is 7.90. The van der Waals surface area contributed by atoms with Crippen molar-refractivity contribution in [2.75, 3.05) is 26.3 Å². The maximum Gasteiger partial charge on any atom is 0.0950 e. The van der Waals surface area contributed by atoms with Crippen LogP contribution in [-0.2, 0) is 4.74 Å². The van der Waals surface area contributed by atoms with Gasteiger partial charge in [-0.1, -0.05) is 0 Å². The molecule has 1 aliphatic heterocycles. The highest BCUT2D eigenvalue weighted by Crippen LogP contribution is 2.20. The van der Waals surface area contributed by atoms with Crippen LogP contribution in [-0.4, -0.2) is 31.2 Å². The molecular weight excluding hydrogens is 166 g/mol. The highest BCUT2D eigenvalue weighted by Gasteiger charge is 2.18. The molecule has 2 rings (SSSR count). The van der Waals surface area contributed by atoms with E-state index in [2.05, 4.69) is 11.8 Å². The lowest BCUT2D eigenvalue weighted by molar-refractivity contribution is 0.0197. The van der Waals surface area contributed by atoms with Crippen molar-refractivity contribution in [2.45, 2.75) is 13.0 Å². The minimum atomic E-state index is 0.447. The normalized spacial score (nSPS) is 21.6. The Morgan fingerprint density at radius 3 is 2.77 bits per heavy atom. The van der Waals surface area contributed by atoms with Crippen LogP contribution in [0.2, 0.25) is 0 Å². The van der Waals surface area contributed by atoms with Gasteiger partial charge in [-0.2, -0.15) is 0 Å². The van der Waals surface area contributed by atoms with E-state index in [-0.39, 0.29) is 0 Å². The third kappa shape index (κ3) is 1.92. The maximum atomic E-state index is 5.30. The van der Waals surface area contributed by atoms with Crippen LogP contribution < -0.4 is 0 Å². The van der Waals surface area contributed by atoms with Crippen molar-refractivity contribution < 1.29 is 9.15 Å². The molecule has 1 atom stereocenters. The van der Waals surface area contributed by atoms with Crippen LogP contribution in [0.1, 0.15) is 18.5 Å². The second-order valence-electron chi connectivity index (χ2n) is 3.38. The minimum Gasteiger partial charge on any atom is -0.472 e. The monoisotopic (exact) mass is 181 g/mol. The molecule has 0 spiro atoms. The first-order valence-electron chi connectivity index (χ1n) is 4.72. The molecule has 0 N–H and O–H groups in total. The van der Waals surface area contributed by atoms with Crippen molar-refractivity contribution in [3.05, 3.63) is 24.2 Å². The summed E-state index contributed by atoms with van der Waals surface area (Å²) in [6.45, 7) is 5.94. The van der Waals surface area contributed by atoms with Crippen LogP contribution in [0.3, 0.4) is 0 Å². The summed E-state index contributed by atoms with van der Waals surface area (Å²) in [5, 5.41) is 0. The lowest BCUT2D eigenvalue weighted by Crippen LogP contribution is -2.37. The second kappa shape index (κ2) is 3.94. The minimum absolute atomic E-state index is 0.447. The van der Waals surface area contributed by atoms with Crippen molar-refractivity contribution in [3.8, 4) is 0 Å². The molecule has 0 radical (unpaired) electrons. The van der Waals surface area contributed by atoms with Gasteiger partial charge in [0.2, 0.25) is 0 Å². The van der Waals surface area contributed by atoms with Crippen molar-refractivity contribution >= 4 is 0 Å². The molecule has 1 aliphatic rings. The number of nitrogens with zero attached hydrogens (tertiary/aromatic N) is 1. The molecule has 2 heterocycles. The van der Waals surface area contributed by atoms with Gasteiger partial charge in [-0.05, 0) is 13.0 Å². The van der Waals surface area contributed by atoms with E-state index in [0.29, 0.717) is 6.04 Å². The molecule has 3 nitrogen and oxygen atoms in total. The molecule has 1 aromatic rings. The molecule has 72 valence electrons. The summed E-state index contributed by atoms with van der Waals surface area (Å²) < 4.78 is 10.4. The first kappa shape index (κ1) is 8.78. The predicted octanol–water partition coefficient (Wildman–Crippen LogP) is 1.67. The smallest absolute Gasteiger partial charge is 0.0950 e. The molecule has 1 unspecified atom stereocenters. The van der Waals surface area contributed by atoms with Gasteiger partial charge in [0.1, 0.15) is 0 Å². The van der Waals surface area contributed by atoms with Crippen molar-refractivity contribution in [1.29, 1.82) is 0 Å². The third-order valence-corrected chi connectivity index (χ3v) is 2.62. The third-order valence-electron chi connectivity index (χ3n) is 2.62. The molecule has 1 saturated heterocycles. The number of rotatable bonds is 2. The van der Waals surface area contributed by atoms with Crippen LogP contribution in [0.4, 0.5) is 0 Å². The van der Waals surface area contributed by atoms with E-state index in [4.69, 9.17) is 9.15 Å². The Labute approximate surface area is 78.3 Å². The van der Waals surface area contributed by atoms with Crippen molar-refractivity contribution in [3.63, 3.8) is 0 Å². The van der Waals surface area contributed by atoms with Gasteiger partial charge in [0, 0.05) is 24.7 Å². The summed E-state index contributed by atoms with van der Waals surface area (Å²) in [5.41, 5.74) is 1.25. The average Bonchev–Trinajstić information content (AvgIpc) is 2.71. The fourth-order valence-electron chi connectivity index (χ4n) is 1.69. The van der Waals surface area contributed by atoms with Gasteiger partial charge >= 0.3 is 0 Å². The van der Waals surface area contributed by atoms with Crippen molar-refractivity contribution in [1.82, 2.24) is 4.90 Å². The Balaban J connectivity index is 1.99. The van der Waals surface area contributed by atoms with Crippen LogP contribution in [0.15, 0.2) is 23.0 Å². The zero-order valence-electron chi connectivity index (χ0n) is 7.90. The fraction of sp³-hybridized carbons (Fsp3) is 0.600. The van der Waals surface area contributed by atoms with E-state index in [1.165, 1.54) is 5.56 Å². The zero-order chi connectivity index (χ0) is 9.10. The molecule has 1 aromatic heterocycles. The van der Waals surface area contributed by atoms with E-state index in [1.54, 1.807) is 6.26 Å². The number of hydrogen-bond acceptors (Lipinski definition) is 3. The van der Waals surface area contributed by atoms with E-state index in [1.807, 2.05) is 12.3 Å². The van der Waals surface area contributed by atoms with Gasteiger partial charge < -0.3 is 9.15 Å². The number of ether oxygens (including phenoxy) is 1. The van der Waals surface area contributed by atoms with Gasteiger partial charge in [0.15, 0.2) is 0 Å². The van der Waals surface area contributed by atoms with Crippen LogP contribution in [0.25, 0.3) is 0 Å². The first-order valence-corrected chi connectivity index (χ1v) is 4.72. The van der Waals surface area contributed by atoms with Crippen LogP contribution in [0.5, 0.6) is 0 Å². The molecular formula is C10H15NO2. The lowest BCUT2D eigenvalue weighted by atomic mass is 10.1. The molecule has 13 heavy (non-hydrogen) atoms. The summed E-state index contributed by atoms with van der Waals surface area (Å²) in [6.07, 6.45) is 3.55. The van der Waals surface area contributed by atoms with Gasteiger partial charge in [-0.3, -0.25) is 4.90 Å². The maximum absolute atomic E-state index is 5.30. The predicted molar refractivity (Wildman–Crippen MR) is 49.5 cm³/mol. The average molecular weight is 181 g/mol. The number of hydrogen-bond donors (Lipinski definition) is 0. The summed E-state index contributed by atoms with van der Waals surface area (Å²) in [5.74, 6) is 0. The Kier molecular flexibility index (Phi) is 2.66. The van der Waals surface area contributed by atoms with E-state index >= 15 is 0 Å². The molecule has 0 amide bonds. The summed E-state index contributed by atoms with van der Waals surface area (Å²) >= 11 is 0. The molecule has 0 bridgehead atoms. The topological polar surface area (TPSA) is 25.6 Å². The van der Waals surface area contributed by atoms with Gasteiger partial charge in [0.05, 0.1) is 25.7 Å². The van der Waals surface area contributed by atoms with Crippen molar-refractivity contribution in [2.24, 2.45) is 0 Å². The molecule has 0 saturated carbocycles. The summed E-state index contributed by atoms with van der Waals surface area (Å²) in [4.78, 5) is 2.41. The van der Waals surface area contributed by atoms with Gasteiger partial charge in [-0.25, -0.2) is 0 Å². The highest BCUT2D eigenvalue weighted by atomic mass is 16.5. The number of furan rings is 1. The van der Waals surface area contributed by atoms with Crippen LogP contribution in [0, 0.1) is 0 Å². The summed E-state index contributed by atoms with van der Waals surface area (Å²) in [7, 11) is 0. The Hall–Kier alpha value is -0.800. The van der Waals surface area contributed by atoms with Gasteiger partial charge in [-0.15, -0.1) is 0 Å². The number of morpholine rings is 1. The molecule has 0 aromatic carbocycles. The standard InChI is InChI=1S/C10H15NO2/c1-9(10-2-5-13-8-10)11-3-6-12-7-4-11/h2,5,8-9H,3-4,6-7H2,1H3. The molecule has 1 fully saturated rings. The Morgan fingerprint density at radius 1 is 1.38 bits per heavy atom. The first-order chi connectivity index (χ1) is 6.38. The quantitative estimate of drug-likeness (QED) is 0.694.